The van der Waals surface area contributed by atoms with E-state index in [1.54, 1.807) is 23.5 Å². The van der Waals surface area contributed by atoms with Crippen molar-refractivity contribution in [3.05, 3.63) is 40.3 Å². The van der Waals surface area contributed by atoms with Crippen molar-refractivity contribution >= 4 is 27.0 Å². The van der Waals surface area contributed by atoms with Gasteiger partial charge >= 0.3 is 0 Å². The Morgan fingerprint density at radius 1 is 1.33 bits per heavy atom. The molecule has 1 aromatic heterocycles. The van der Waals surface area contributed by atoms with Gasteiger partial charge in [0, 0.05) is 22.2 Å². The van der Waals surface area contributed by atoms with Crippen molar-refractivity contribution in [3.63, 3.8) is 0 Å². The van der Waals surface area contributed by atoms with Gasteiger partial charge in [0.05, 0.1) is 16.4 Å². The number of nitrogens with zero attached hydrogens (tertiary/aromatic N) is 1. The first kappa shape index (κ1) is 15.9. The molecule has 114 valence electrons. The van der Waals surface area contributed by atoms with Gasteiger partial charge in [-0.25, -0.2) is 18.5 Å². The van der Waals surface area contributed by atoms with E-state index in [4.69, 9.17) is 5.14 Å². The third-order valence-electron chi connectivity index (χ3n) is 2.82. The van der Waals surface area contributed by atoms with Crippen LogP contribution in [0.5, 0.6) is 0 Å². The Balaban J connectivity index is 2.09. The Labute approximate surface area is 129 Å². The molecule has 2 aromatic rings. The summed E-state index contributed by atoms with van der Waals surface area (Å²) in [5, 5.41) is 9.39. The van der Waals surface area contributed by atoms with Crippen LogP contribution in [-0.2, 0) is 22.0 Å². The Bertz CT molecular complexity index is 731. The Kier molecular flexibility index (Phi) is 4.36. The average molecular weight is 325 g/mol. The van der Waals surface area contributed by atoms with Crippen molar-refractivity contribution in [2.45, 2.75) is 37.6 Å². The Morgan fingerprint density at radius 3 is 2.62 bits per heavy atom. The summed E-state index contributed by atoms with van der Waals surface area (Å²) >= 11 is 1.65. The molecular formula is C14H19N3O2S2. The van der Waals surface area contributed by atoms with E-state index in [0.29, 0.717) is 12.2 Å². The summed E-state index contributed by atoms with van der Waals surface area (Å²) < 4.78 is 22.6. The maximum atomic E-state index is 11.3. The van der Waals surface area contributed by atoms with Gasteiger partial charge in [0.25, 0.3) is 0 Å². The maximum absolute atomic E-state index is 11.3. The summed E-state index contributed by atoms with van der Waals surface area (Å²) in [5.41, 5.74) is 0.753. The monoisotopic (exact) mass is 325 g/mol. The summed E-state index contributed by atoms with van der Waals surface area (Å²) in [6, 6.07) is 6.47. The normalized spacial score (nSPS) is 12.4. The average Bonchev–Trinajstić information content (AvgIpc) is 2.84. The van der Waals surface area contributed by atoms with Crippen molar-refractivity contribution in [3.8, 4) is 0 Å². The zero-order valence-electron chi connectivity index (χ0n) is 12.3. The quantitative estimate of drug-likeness (QED) is 0.905. The molecule has 0 bridgehead atoms. The predicted molar refractivity (Wildman–Crippen MR) is 86.0 cm³/mol. The summed E-state index contributed by atoms with van der Waals surface area (Å²) in [7, 11) is -3.67. The number of nitrogens with one attached hydrogen (secondary N) is 1. The molecule has 0 atom stereocenters. The first-order valence-corrected chi connectivity index (χ1v) is 8.84. The van der Waals surface area contributed by atoms with Crippen molar-refractivity contribution in [1.29, 1.82) is 0 Å². The summed E-state index contributed by atoms with van der Waals surface area (Å²) in [6.07, 6.45) is 1.85. The van der Waals surface area contributed by atoms with E-state index in [2.05, 4.69) is 31.1 Å². The minimum Gasteiger partial charge on any atom is -0.380 e. The van der Waals surface area contributed by atoms with Crippen LogP contribution in [0.15, 0.2) is 35.4 Å². The molecule has 0 saturated carbocycles. The summed E-state index contributed by atoms with van der Waals surface area (Å²) in [5.74, 6) is 0. The van der Waals surface area contributed by atoms with E-state index in [9.17, 15) is 8.42 Å². The highest BCUT2D eigenvalue weighted by Crippen LogP contribution is 2.27. The van der Waals surface area contributed by atoms with Gasteiger partial charge in [0.1, 0.15) is 0 Å². The fourth-order valence-electron chi connectivity index (χ4n) is 1.71. The van der Waals surface area contributed by atoms with Gasteiger partial charge < -0.3 is 5.32 Å². The molecule has 0 amide bonds. The van der Waals surface area contributed by atoms with Crippen molar-refractivity contribution in [2.24, 2.45) is 5.14 Å². The number of sulfonamides is 1. The zero-order chi connectivity index (χ0) is 15.7. The maximum Gasteiger partial charge on any atom is 0.238 e. The number of hydrogen-bond acceptors (Lipinski definition) is 5. The molecular weight excluding hydrogens is 306 g/mol. The second kappa shape index (κ2) is 5.75. The number of primary sulfonamides is 1. The fraction of sp³-hybridized carbons (Fsp3) is 0.357. The van der Waals surface area contributed by atoms with Gasteiger partial charge in [0.2, 0.25) is 10.0 Å². The van der Waals surface area contributed by atoms with Crippen LogP contribution in [0.4, 0.5) is 5.69 Å². The Morgan fingerprint density at radius 2 is 2.05 bits per heavy atom. The summed E-state index contributed by atoms with van der Waals surface area (Å²) in [6.45, 7) is 6.97. The number of hydrogen-bond donors (Lipinski definition) is 2. The number of thiazole rings is 1. The lowest BCUT2D eigenvalue weighted by Crippen LogP contribution is -2.12. The van der Waals surface area contributed by atoms with Crippen LogP contribution in [-0.4, -0.2) is 13.4 Å². The highest BCUT2D eigenvalue weighted by molar-refractivity contribution is 7.89. The molecule has 1 heterocycles. The van der Waals surface area contributed by atoms with E-state index in [0.717, 1.165) is 9.88 Å². The topological polar surface area (TPSA) is 85.1 Å². The molecule has 0 spiro atoms. The number of aromatic nitrogens is 1. The van der Waals surface area contributed by atoms with Crippen LogP contribution in [0.25, 0.3) is 0 Å². The number of anilines is 1. The number of benzene rings is 1. The lowest BCUT2D eigenvalue weighted by Gasteiger charge is -2.13. The van der Waals surface area contributed by atoms with Gasteiger partial charge in [0.15, 0.2) is 0 Å². The molecule has 0 aliphatic rings. The highest BCUT2D eigenvalue weighted by Gasteiger charge is 2.17. The second-order valence-corrected chi connectivity index (χ2v) is 8.48. The Hall–Kier alpha value is -1.44. The zero-order valence-corrected chi connectivity index (χ0v) is 13.9. The van der Waals surface area contributed by atoms with Crippen LogP contribution in [0.3, 0.4) is 0 Å². The van der Waals surface area contributed by atoms with E-state index < -0.39 is 10.0 Å². The van der Waals surface area contributed by atoms with Crippen molar-refractivity contribution < 1.29 is 8.42 Å². The molecule has 7 heteroatoms. The van der Waals surface area contributed by atoms with Gasteiger partial charge in [-0.3, -0.25) is 0 Å². The van der Waals surface area contributed by atoms with Crippen LogP contribution in [0.1, 0.15) is 30.7 Å². The SMILES string of the molecule is CC(C)(C)c1ncc(CNc2cccc(S(N)(=O)=O)c2)s1. The van der Waals surface area contributed by atoms with E-state index >= 15 is 0 Å². The van der Waals surface area contributed by atoms with Crippen LogP contribution < -0.4 is 10.5 Å². The molecule has 1 aromatic carbocycles. The number of nitrogens with two attached hydrogens (primary N) is 1. The molecule has 0 fully saturated rings. The fourth-order valence-corrected chi connectivity index (χ4v) is 3.18. The molecule has 0 saturated heterocycles. The van der Waals surface area contributed by atoms with Crippen LogP contribution in [0.2, 0.25) is 0 Å². The molecule has 0 radical (unpaired) electrons. The smallest absolute Gasteiger partial charge is 0.238 e. The molecule has 0 aliphatic heterocycles. The van der Waals surface area contributed by atoms with Gasteiger partial charge in [-0.15, -0.1) is 11.3 Å². The van der Waals surface area contributed by atoms with Crippen LogP contribution in [0, 0.1) is 0 Å². The first-order chi connectivity index (χ1) is 9.66. The second-order valence-electron chi connectivity index (χ2n) is 5.81. The molecule has 21 heavy (non-hydrogen) atoms. The van der Waals surface area contributed by atoms with E-state index in [1.807, 2.05) is 6.20 Å². The molecule has 0 unspecified atom stereocenters. The minimum absolute atomic E-state index is 0.0382. The summed E-state index contributed by atoms with van der Waals surface area (Å²) in [4.78, 5) is 5.62. The van der Waals surface area contributed by atoms with Crippen molar-refractivity contribution in [1.82, 2.24) is 4.98 Å². The van der Waals surface area contributed by atoms with E-state index in [1.165, 1.54) is 12.1 Å². The lowest BCUT2D eigenvalue weighted by atomic mass is 9.98. The standard InChI is InChI=1S/C14H19N3O2S2/c1-14(2,3)13-17-9-11(20-13)8-16-10-5-4-6-12(7-10)21(15,18)19/h4-7,9,16H,8H2,1-3H3,(H2,15,18,19). The van der Waals surface area contributed by atoms with E-state index in [-0.39, 0.29) is 10.3 Å². The van der Waals surface area contributed by atoms with Gasteiger partial charge in [-0.2, -0.15) is 0 Å². The van der Waals surface area contributed by atoms with Crippen LogP contribution >= 0.6 is 11.3 Å². The highest BCUT2D eigenvalue weighted by atomic mass is 32.2. The minimum atomic E-state index is -3.67. The lowest BCUT2D eigenvalue weighted by molar-refractivity contribution is 0.585. The third-order valence-corrected chi connectivity index (χ3v) is 5.16. The number of rotatable bonds is 4. The molecule has 5 nitrogen and oxygen atoms in total. The van der Waals surface area contributed by atoms with Crippen molar-refractivity contribution in [2.75, 3.05) is 5.32 Å². The third kappa shape index (κ3) is 4.26. The van der Waals surface area contributed by atoms with Gasteiger partial charge in [-0.1, -0.05) is 26.8 Å². The molecule has 3 N–H and O–H groups in total. The molecule has 0 aliphatic carbocycles. The largest absolute Gasteiger partial charge is 0.380 e. The first-order valence-electron chi connectivity index (χ1n) is 6.48. The predicted octanol–water partition coefficient (Wildman–Crippen LogP) is 2.70. The molecule has 2 rings (SSSR count). The van der Waals surface area contributed by atoms with Gasteiger partial charge in [-0.05, 0) is 18.2 Å².